The van der Waals surface area contributed by atoms with Gasteiger partial charge in [-0.3, -0.25) is 4.79 Å². The van der Waals surface area contributed by atoms with Crippen LogP contribution in [0.1, 0.15) is 24.0 Å². The van der Waals surface area contributed by atoms with Crippen molar-refractivity contribution >= 4 is 21.7 Å². The first kappa shape index (κ1) is 25.4. The van der Waals surface area contributed by atoms with E-state index in [1.807, 2.05) is 4.72 Å². The molecule has 0 heterocycles. The second kappa shape index (κ2) is 10.7. The predicted molar refractivity (Wildman–Crippen MR) is 112 cm³/mol. The average Bonchev–Trinajstić information content (AvgIpc) is 2.71. The summed E-state index contributed by atoms with van der Waals surface area (Å²) in [6.07, 6.45) is -3.52. The number of ether oxygens (including phenoxy) is 1. The number of nitrogens with one attached hydrogen (secondary N) is 1. The van der Waals surface area contributed by atoms with Crippen LogP contribution in [0.2, 0.25) is 0 Å². The van der Waals surface area contributed by atoms with Gasteiger partial charge in [0, 0.05) is 0 Å². The molecule has 8 nitrogen and oxygen atoms in total. The molecule has 176 valence electrons. The minimum atomic E-state index is -4.75. The molecule has 1 atom stereocenters. The van der Waals surface area contributed by atoms with Crippen LogP contribution in [0.5, 0.6) is 5.75 Å². The Morgan fingerprint density at radius 2 is 1.88 bits per heavy atom. The number of carboxylic acid groups (broad SMARTS) is 1. The van der Waals surface area contributed by atoms with Gasteiger partial charge < -0.3 is 21.3 Å². The molecular weight excluding hydrogens is 451 g/mol. The van der Waals surface area contributed by atoms with Gasteiger partial charge in [0.25, 0.3) is 0 Å². The Morgan fingerprint density at radius 1 is 1.16 bits per heavy atom. The minimum Gasteiger partial charge on any atom is -0.491 e. The molecule has 0 amide bonds. The molecule has 2 rings (SSSR count). The number of benzene rings is 2. The highest BCUT2D eigenvalue weighted by molar-refractivity contribution is 7.89. The summed E-state index contributed by atoms with van der Waals surface area (Å²) in [7, 11) is -4.54. The Bertz CT molecular complexity index is 1050. The molecule has 32 heavy (non-hydrogen) atoms. The second-order valence-electron chi connectivity index (χ2n) is 6.96. The zero-order valence-electron chi connectivity index (χ0n) is 16.9. The molecule has 0 bridgehead atoms. The highest BCUT2D eigenvalue weighted by Crippen LogP contribution is 2.30. The number of carbonyl (C=O) groups is 1. The van der Waals surface area contributed by atoms with E-state index < -0.39 is 38.7 Å². The molecule has 12 heteroatoms. The number of nitrogen functional groups attached to an aromatic ring is 1. The maximum Gasteiger partial charge on any atom is 0.416 e. The van der Waals surface area contributed by atoms with Gasteiger partial charge in [0.2, 0.25) is 10.0 Å². The second-order valence-corrected chi connectivity index (χ2v) is 8.67. The van der Waals surface area contributed by atoms with Crippen molar-refractivity contribution in [1.29, 1.82) is 0 Å². The molecule has 0 spiro atoms. The van der Waals surface area contributed by atoms with Gasteiger partial charge in [-0.2, -0.15) is 17.9 Å². The molecule has 0 aliphatic carbocycles. The number of alkyl halides is 3. The lowest BCUT2D eigenvalue weighted by atomic mass is 10.1. The predicted octanol–water partition coefficient (Wildman–Crippen LogP) is 2.38. The summed E-state index contributed by atoms with van der Waals surface area (Å²) in [6, 6.07) is 5.92. The summed E-state index contributed by atoms with van der Waals surface area (Å²) in [5, 5.41) is 9.45. The van der Waals surface area contributed by atoms with E-state index in [-0.39, 0.29) is 12.1 Å². The largest absolute Gasteiger partial charge is 0.491 e. The van der Waals surface area contributed by atoms with Crippen molar-refractivity contribution < 1.29 is 36.2 Å². The maximum absolute atomic E-state index is 12.9. The number of unbranched alkanes of at least 4 members (excludes halogenated alkanes) is 1. The van der Waals surface area contributed by atoms with E-state index in [2.05, 4.69) is 0 Å². The van der Waals surface area contributed by atoms with E-state index in [9.17, 15) is 31.5 Å². The highest BCUT2D eigenvalue weighted by atomic mass is 32.2. The number of halogens is 3. The normalized spacial score (nSPS) is 13.0. The number of anilines is 1. The zero-order valence-corrected chi connectivity index (χ0v) is 17.7. The van der Waals surface area contributed by atoms with E-state index in [0.717, 1.165) is 31.0 Å². The van der Waals surface area contributed by atoms with Crippen molar-refractivity contribution in [3.05, 3.63) is 53.6 Å². The quantitative estimate of drug-likeness (QED) is 0.288. The number of aliphatic carboxylic acids is 1. The number of carboxylic acids is 1. The van der Waals surface area contributed by atoms with Crippen molar-refractivity contribution in [3.63, 3.8) is 0 Å². The average molecular weight is 475 g/mol. The molecule has 2 aromatic carbocycles. The molecule has 0 radical (unpaired) electrons. The smallest absolute Gasteiger partial charge is 0.416 e. The summed E-state index contributed by atoms with van der Waals surface area (Å²) in [4.78, 5) is 10.9. The molecule has 0 aliphatic heterocycles. The van der Waals surface area contributed by atoms with Gasteiger partial charge in [-0.15, -0.1) is 0 Å². The Morgan fingerprint density at radius 3 is 2.47 bits per heavy atom. The van der Waals surface area contributed by atoms with Crippen LogP contribution in [-0.4, -0.2) is 38.7 Å². The van der Waals surface area contributed by atoms with Gasteiger partial charge in [0.15, 0.2) is 0 Å². The highest BCUT2D eigenvalue weighted by Gasteiger charge is 2.32. The minimum absolute atomic E-state index is 0.236. The van der Waals surface area contributed by atoms with Gasteiger partial charge in [0.05, 0.1) is 22.8 Å². The summed E-state index contributed by atoms with van der Waals surface area (Å²) in [5.41, 5.74) is 10.8. The van der Waals surface area contributed by atoms with E-state index >= 15 is 0 Å². The monoisotopic (exact) mass is 475 g/mol. The number of hydrogen-bond acceptors (Lipinski definition) is 6. The first-order valence-corrected chi connectivity index (χ1v) is 11.1. The third kappa shape index (κ3) is 7.11. The SMILES string of the molecule is NCCCCOc1ccc(C[C@H](NS(=O)(=O)c2cccc(C(F)(F)F)c2)C(=O)O)cc1N. The van der Waals surface area contributed by atoms with Crippen LogP contribution in [0, 0.1) is 0 Å². The Balaban J connectivity index is 2.16. The van der Waals surface area contributed by atoms with Crippen molar-refractivity contribution in [1.82, 2.24) is 4.72 Å². The van der Waals surface area contributed by atoms with Gasteiger partial charge in [0.1, 0.15) is 11.8 Å². The molecule has 0 aromatic heterocycles. The van der Waals surface area contributed by atoms with Crippen molar-refractivity contribution in [2.45, 2.75) is 36.4 Å². The van der Waals surface area contributed by atoms with Gasteiger partial charge in [-0.05, 0) is 61.7 Å². The Kier molecular flexibility index (Phi) is 8.47. The fraction of sp³-hybridized carbons (Fsp3) is 0.350. The van der Waals surface area contributed by atoms with Crippen LogP contribution in [0.15, 0.2) is 47.4 Å². The third-order valence-corrected chi connectivity index (χ3v) is 5.91. The van der Waals surface area contributed by atoms with Crippen LogP contribution >= 0.6 is 0 Å². The lowest BCUT2D eigenvalue weighted by Crippen LogP contribution is -2.42. The molecule has 2 aromatic rings. The van der Waals surface area contributed by atoms with Gasteiger partial charge in [-0.1, -0.05) is 12.1 Å². The van der Waals surface area contributed by atoms with E-state index in [1.54, 1.807) is 0 Å². The van der Waals surface area contributed by atoms with Crippen LogP contribution in [0.4, 0.5) is 18.9 Å². The Labute approximate surface area is 183 Å². The number of rotatable bonds is 11. The van der Waals surface area contributed by atoms with Crippen molar-refractivity contribution in [3.8, 4) is 5.75 Å². The molecule has 0 saturated heterocycles. The van der Waals surface area contributed by atoms with Crippen LogP contribution in [0.25, 0.3) is 0 Å². The lowest BCUT2D eigenvalue weighted by Gasteiger charge is -2.17. The maximum atomic E-state index is 12.9. The molecule has 0 unspecified atom stereocenters. The molecule has 0 aliphatic rings. The van der Waals surface area contributed by atoms with E-state index in [0.29, 0.717) is 30.5 Å². The first-order chi connectivity index (χ1) is 14.9. The molecule has 0 fully saturated rings. The number of nitrogens with two attached hydrogens (primary N) is 2. The fourth-order valence-corrected chi connectivity index (χ4v) is 4.03. The summed E-state index contributed by atoms with van der Waals surface area (Å²) in [5.74, 6) is -1.11. The standard InChI is InChI=1S/C20H24F3N3O5S/c21-20(22,23)14-4-3-5-15(12-14)32(29,30)26-17(19(27)28)11-13-6-7-18(16(25)10-13)31-9-2-1-8-24/h3-7,10,12,17,26H,1-2,8-9,11,24-25H2,(H,27,28)/t17-/m0/s1. The van der Waals surface area contributed by atoms with Gasteiger partial charge >= 0.3 is 12.1 Å². The van der Waals surface area contributed by atoms with Crippen molar-refractivity contribution in [2.75, 3.05) is 18.9 Å². The van der Waals surface area contributed by atoms with Crippen LogP contribution in [0.3, 0.4) is 0 Å². The molecule has 0 saturated carbocycles. The van der Waals surface area contributed by atoms with Gasteiger partial charge in [-0.25, -0.2) is 8.42 Å². The first-order valence-electron chi connectivity index (χ1n) is 9.57. The number of hydrogen-bond donors (Lipinski definition) is 4. The zero-order chi connectivity index (χ0) is 23.9. The lowest BCUT2D eigenvalue weighted by molar-refractivity contribution is -0.139. The van der Waals surface area contributed by atoms with Crippen LogP contribution in [-0.2, 0) is 27.4 Å². The van der Waals surface area contributed by atoms with Crippen LogP contribution < -0.4 is 20.9 Å². The third-order valence-electron chi connectivity index (χ3n) is 4.44. The summed E-state index contributed by atoms with van der Waals surface area (Å²) in [6.45, 7) is 0.931. The summed E-state index contributed by atoms with van der Waals surface area (Å²) < 4.78 is 71.1. The Hall–Kier alpha value is -2.83. The van der Waals surface area contributed by atoms with E-state index in [4.69, 9.17) is 16.2 Å². The molecular formula is C20H24F3N3O5S. The van der Waals surface area contributed by atoms with E-state index in [1.165, 1.54) is 18.2 Å². The van der Waals surface area contributed by atoms with Crippen molar-refractivity contribution in [2.24, 2.45) is 5.73 Å². The fourth-order valence-electron chi connectivity index (χ4n) is 2.79. The number of sulfonamides is 1. The molecule has 6 N–H and O–H groups in total. The summed E-state index contributed by atoms with van der Waals surface area (Å²) >= 11 is 0. The topological polar surface area (TPSA) is 145 Å².